The molecule has 0 aliphatic heterocycles. The molecule has 0 fully saturated rings. The van der Waals surface area contributed by atoms with Crippen molar-refractivity contribution in [3.05, 3.63) is 11.4 Å². The van der Waals surface area contributed by atoms with Crippen molar-refractivity contribution in [1.29, 1.82) is 5.53 Å². The van der Waals surface area contributed by atoms with Gasteiger partial charge in [0.1, 0.15) is 16.5 Å². The Bertz CT molecular complexity index is 187. The Balaban J connectivity index is 4.36. The van der Waals surface area contributed by atoms with Crippen LogP contribution in [-0.4, -0.2) is 6.04 Å². The van der Waals surface area contributed by atoms with Crippen LogP contribution in [0.25, 0.3) is 0 Å². The van der Waals surface area contributed by atoms with E-state index in [1.165, 1.54) is 0 Å². The van der Waals surface area contributed by atoms with Gasteiger partial charge in [-0.2, -0.15) is 0 Å². The fourth-order valence-corrected chi connectivity index (χ4v) is 0.555. The van der Waals surface area contributed by atoms with E-state index in [1.54, 1.807) is 20.8 Å². The topological polar surface area (TPSA) is 50.3 Å². The molecule has 0 aliphatic rings. The monoisotopic (exact) mass is 144 g/mol. The molecule has 0 aromatic carbocycles. The quantitative estimate of drug-likeness (QED) is 0.456. The molecule has 0 aromatic heterocycles. The summed E-state index contributed by atoms with van der Waals surface area (Å²) in [7, 11) is 0. The summed E-state index contributed by atoms with van der Waals surface area (Å²) in [5.74, 6) is -0.309. The minimum Gasteiger partial charge on any atom is -0.209 e. The van der Waals surface area contributed by atoms with E-state index in [2.05, 4.69) is 10.0 Å². The summed E-state index contributed by atoms with van der Waals surface area (Å²) < 4.78 is 12.7. The van der Waals surface area contributed by atoms with Crippen LogP contribution in [0.2, 0.25) is 0 Å². The third-order valence-electron chi connectivity index (χ3n) is 1.08. The van der Waals surface area contributed by atoms with E-state index in [1.807, 2.05) is 0 Å². The lowest BCUT2D eigenvalue weighted by molar-refractivity contribution is 0.533. The van der Waals surface area contributed by atoms with E-state index in [0.717, 1.165) is 0 Å². The SMILES string of the molecule is CC(C)=C(F)C(C)N=[N+]=N. The van der Waals surface area contributed by atoms with Crippen LogP contribution in [0.3, 0.4) is 0 Å². The molecule has 0 bridgehead atoms. The highest BCUT2D eigenvalue weighted by Crippen LogP contribution is 2.11. The molecule has 56 valence electrons. The Labute approximate surface area is 59.2 Å². The van der Waals surface area contributed by atoms with Gasteiger partial charge in [0.2, 0.25) is 4.91 Å². The Morgan fingerprint density at radius 1 is 1.60 bits per heavy atom. The Morgan fingerprint density at radius 3 is 2.40 bits per heavy atom. The van der Waals surface area contributed by atoms with E-state index in [4.69, 9.17) is 5.53 Å². The van der Waals surface area contributed by atoms with Gasteiger partial charge in [0.05, 0.1) is 0 Å². The molecule has 0 amide bonds. The minimum atomic E-state index is -0.609. The maximum absolute atomic E-state index is 12.7. The zero-order valence-corrected chi connectivity index (χ0v) is 6.35. The number of hydrogen-bond acceptors (Lipinski definition) is 2. The van der Waals surface area contributed by atoms with Gasteiger partial charge in [-0.05, 0) is 26.3 Å². The molecule has 3 nitrogen and oxygen atoms in total. The van der Waals surface area contributed by atoms with Crippen molar-refractivity contribution in [3.63, 3.8) is 0 Å². The van der Waals surface area contributed by atoms with Crippen LogP contribution < -0.4 is 4.91 Å². The lowest BCUT2D eigenvalue weighted by atomic mass is 10.2. The molecular weight excluding hydrogens is 133 g/mol. The molecule has 0 saturated carbocycles. The van der Waals surface area contributed by atoms with Gasteiger partial charge < -0.3 is 0 Å². The van der Waals surface area contributed by atoms with Gasteiger partial charge in [-0.25, -0.2) is 4.39 Å². The van der Waals surface area contributed by atoms with Crippen molar-refractivity contribution >= 4 is 0 Å². The van der Waals surface area contributed by atoms with Crippen LogP contribution in [0.5, 0.6) is 0 Å². The number of halogens is 1. The van der Waals surface area contributed by atoms with Gasteiger partial charge in [0, 0.05) is 0 Å². The van der Waals surface area contributed by atoms with E-state index in [0.29, 0.717) is 5.57 Å². The highest BCUT2D eigenvalue weighted by atomic mass is 19.1. The average Bonchev–Trinajstić information content (AvgIpc) is 1.87. The first-order valence-corrected chi connectivity index (χ1v) is 2.99. The fourth-order valence-electron chi connectivity index (χ4n) is 0.555. The molecule has 1 atom stereocenters. The van der Waals surface area contributed by atoms with E-state index < -0.39 is 6.04 Å². The number of allylic oxidation sites excluding steroid dienone is 1. The van der Waals surface area contributed by atoms with Gasteiger partial charge in [0.15, 0.2) is 6.04 Å². The van der Waals surface area contributed by atoms with Gasteiger partial charge in [-0.15, -0.1) is 0 Å². The number of nitrogens with one attached hydrogen (secondary N) is 1. The largest absolute Gasteiger partial charge is 0.214 e. The summed E-state index contributed by atoms with van der Waals surface area (Å²) in [4.78, 5) is 2.74. The predicted molar refractivity (Wildman–Crippen MR) is 36.2 cm³/mol. The molecule has 0 aliphatic carbocycles. The molecule has 0 rings (SSSR count). The lowest BCUT2D eigenvalue weighted by Gasteiger charge is -1.95. The number of rotatable bonds is 2. The third kappa shape index (κ3) is 2.51. The second kappa shape index (κ2) is 3.90. The summed E-state index contributed by atoms with van der Waals surface area (Å²) in [6.07, 6.45) is 0. The Kier molecular flexibility index (Phi) is 3.51. The zero-order valence-electron chi connectivity index (χ0n) is 6.35. The maximum Gasteiger partial charge on any atom is 0.214 e. The van der Waals surface area contributed by atoms with E-state index >= 15 is 0 Å². The Hall–Kier alpha value is -1.02. The van der Waals surface area contributed by atoms with E-state index in [-0.39, 0.29) is 5.83 Å². The standard InChI is InChI=1S/C6H11FN3/c1-4(2)6(7)5(3)9-10-8/h5,8H,1-3H3/q+1. The fraction of sp³-hybridized carbons (Fsp3) is 0.667. The molecule has 0 radical (unpaired) electrons. The van der Waals surface area contributed by atoms with Crippen molar-refractivity contribution in [2.24, 2.45) is 5.11 Å². The third-order valence-corrected chi connectivity index (χ3v) is 1.08. The predicted octanol–water partition coefficient (Wildman–Crippen LogP) is 2.19. The van der Waals surface area contributed by atoms with Crippen LogP contribution in [0, 0.1) is 5.53 Å². The molecular formula is C6H11FN3+. The minimum absolute atomic E-state index is 0.309. The van der Waals surface area contributed by atoms with Gasteiger partial charge in [-0.1, -0.05) is 0 Å². The first kappa shape index (κ1) is 8.98. The molecule has 4 heteroatoms. The van der Waals surface area contributed by atoms with Gasteiger partial charge in [-0.3, -0.25) is 0 Å². The molecule has 0 spiro atoms. The molecule has 1 unspecified atom stereocenters. The summed E-state index contributed by atoms with van der Waals surface area (Å²) in [5.41, 5.74) is 6.92. The molecule has 1 N–H and O–H groups in total. The van der Waals surface area contributed by atoms with Crippen LogP contribution in [-0.2, 0) is 0 Å². The first-order chi connectivity index (χ1) is 4.59. The van der Waals surface area contributed by atoms with Crippen molar-refractivity contribution < 1.29 is 4.39 Å². The second-order valence-corrected chi connectivity index (χ2v) is 2.24. The van der Waals surface area contributed by atoms with Crippen molar-refractivity contribution in [2.45, 2.75) is 26.8 Å². The van der Waals surface area contributed by atoms with Crippen LogP contribution in [0.1, 0.15) is 20.8 Å². The highest BCUT2D eigenvalue weighted by molar-refractivity contribution is 5.07. The van der Waals surface area contributed by atoms with E-state index in [9.17, 15) is 4.39 Å². The Morgan fingerprint density at radius 2 is 2.10 bits per heavy atom. The summed E-state index contributed by atoms with van der Waals surface area (Å²) in [5, 5.41) is 3.30. The van der Waals surface area contributed by atoms with Gasteiger partial charge in [0.25, 0.3) is 0 Å². The highest BCUT2D eigenvalue weighted by Gasteiger charge is 2.12. The second-order valence-electron chi connectivity index (χ2n) is 2.24. The zero-order chi connectivity index (χ0) is 8.15. The van der Waals surface area contributed by atoms with Crippen molar-refractivity contribution in [3.8, 4) is 0 Å². The van der Waals surface area contributed by atoms with Crippen LogP contribution in [0.15, 0.2) is 16.5 Å². The van der Waals surface area contributed by atoms with Crippen molar-refractivity contribution in [1.82, 2.24) is 4.91 Å². The van der Waals surface area contributed by atoms with Gasteiger partial charge >= 0.3 is 0 Å². The smallest absolute Gasteiger partial charge is 0.209 e. The number of hydrogen-bond donors (Lipinski definition) is 1. The maximum atomic E-state index is 12.7. The summed E-state index contributed by atoms with van der Waals surface area (Å²) >= 11 is 0. The average molecular weight is 144 g/mol. The van der Waals surface area contributed by atoms with Crippen molar-refractivity contribution in [2.75, 3.05) is 0 Å². The summed E-state index contributed by atoms with van der Waals surface area (Å²) in [6.45, 7) is 4.87. The number of nitrogens with zero attached hydrogens (tertiary/aromatic N) is 2. The van der Waals surface area contributed by atoms with Crippen LogP contribution in [0.4, 0.5) is 4.39 Å². The first-order valence-electron chi connectivity index (χ1n) is 2.99. The normalized spacial score (nSPS) is 11.6. The lowest BCUT2D eigenvalue weighted by Crippen LogP contribution is -1.99. The van der Waals surface area contributed by atoms with Crippen LogP contribution >= 0.6 is 0 Å². The summed E-state index contributed by atoms with van der Waals surface area (Å²) in [6, 6.07) is -0.609. The molecule has 10 heavy (non-hydrogen) atoms. The molecule has 0 aromatic rings. The molecule has 0 heterocycles. The molecule has 0 saturated heterocycles.